The number of benzene rings is 2. The van der Waals surface area contributed by atoms with Gasteiger partial charge in [-0.3, -0.25) is 9.59 Å². The third-order valence-electron chi connectivity index (χ3n) is 5.96. The molecule has 1 atom stereocenters. The Morgan fingerprint density at radius 1 is 1.16 bits per heavy atom. The molecule has 0 aromatic heterocycles. The van der Waals surface area contributed by atoms with Gasteiger partial charge >= 0.3 is 0 Å². The molecule has 2 N–H and O–H groups in total. The molecule has 2 saturated heterocycles. The number of ether oxygens (including phenoxy) is 1. The van der Waals surface area contributed by atoms with E-state index in [4.69, 9.17) is 16.3 Å². The van der Waals surface area contributed by atoms with E-state index < -0.39 is 17.7 Å². The standard InChI is InChI=1S/C24H25ClN2O5/c25-18-7-5-16(6-8-18)22(29)20-21(17-3-1-4-19(28)15-17)27(24(31)23(20)30)10-2-9-26-11-13-32-14-12-26/h1,3-8,15,21,28-29H,2,9-14H2/b22-20-. The Labute approximate surface area is 191 Å². The molecule has 0 saturated carbocycles. The molecule has 2 aliphatic heterocycles. The first kappa shape index (κ1) is 22.3. The number of morpholine rings is 1. The number of nitrogens with zero attached hydrogens (tertiary/aromatic N) is 1. The fourth-order valence-electron chi connectivity index (χ4n) is 4.31. The average Bonchev–Trinajstić information content (AvgIpc) is 3.05. The summed E-state index contributed by atoms with van der Waals surface area (Å²) in [5.41, 5.74) is 0.876. The molecule has 2 fully saturated rings. The minimum absolute atomic E-state index is 0.0124. The lowest BCUT2D eigenvalue weighted by Crippen LogP contribution is -3.14. The van der Waals surface area contributed by atoms with Gasteiger partial charge in [0.25, 0.3) is 11.7 Å². The molecule has 2 aromatic carbocycles. The van der Waals surface area contributed by atoms with Gasteiger partial charge < -0.3 is 24.7 Å². The quantitative estimate of drug-likeness (QED) is 0.386. The van der Waals surface area contributed by atoms with E-state index >= 15 is 0 Å². The van der Waals surface area contributed by atoms with Crippen molar-refractivity contribution >= 4 is 29.1 Å². The third kappa shape index (κ3) is 4.65. The van der Waals surface area contributed by atoms with Crippen LogP contribution in [0.2, 0.25) is 5.02 Å². The minimum atomic E-state index is -0.820. The third-order valence-corrected chi connectivity index (χ3v) is 6.21. The van der Waals surface area contributed by atoms with Crippen LogP contribution in [0.5, 0.6) is 5.75 Å². The van der Waals surface area contributed by atoms with Crippen LogP contribution in [-0.2, 0) is 14.3 Å². The van der Waals surface area contributed by atoms with Crippen molar-refractivity contribution in [1.29, 1.82) is 0 Å². The van der Waals surface area contributed by atoms with Crippen molar-refractivity contribution in [2.24, 2.45) is 0 Å². The molecule has 0 aliphatic carbocycles. The highest BCUT2D eigenvalue weighted by molar-refractivity contribution is 6.46. The minimum Gasteiger partial charge on any atom is -0.872 e. The number of ketones is 1. The molecule has 1 amide bonds. The number of amides is 1. The van der Waals surface area contributed by atoms with E-state index in [-0.39, 0.29) is 17.1 Å². The predicted octanol–water partition coefficient (Wildman–Crippen LogP) is 1.14. The van der Waals surface area contributed by atoms with Gasteiger partial charge in [0.15, 0.2) is 0 Å². The Bertz CT molecular complexity index is 1030. The number of hydrogen-bond acceptors (Lipinski definition) is 5. The second kappa shape index (κ2) is 9.73. The summed E-state index contributed by atoms with van der Waals surface area (Å²) >= 11 is 5.94. The second-order valence-electron chi connectivity index (χ2n) is 8.04. The van der Waals surface area contributed by atoms with Crippen LogP contribution in [0.3, 0.4) is 0 Å². The number of likely N-dealkylation sites (tertiary alicyclic amines) is 1. The van der Waals surface area contributed by atoms with Crippen LogP contribution in [0.1, 0.15) is 23.6 Å². The molecule has 0 bridgehead atoms. The first-order valence-corrected chi connectivity index (χ1v) is 11.1. The van der Waals surface area contributed by atoms with Gasteiger partial charge in [0.1, 0.15) is 18.8 Å². The van der Waals surface area contributed by atoms with E-state index in [1.54, 1.807) is 36.4 Å². The maximum absolute atomic E-state index is 13.0. The molecular weight excluding hydrogens is 432 g/mol. The predicted molar refractivity (Wildman–Crippen MR) is 117 cm³/mol. The number of Topliss-reactive ketones (excluding diaryl/α,β-unsaturated/α-hetero) is 1. The Hall–Kier alpha value is -2.87. The zero-order valence-electron chi connectivity index (χ0n) is 17.6. The number of aliphatic hydroxyl groups excluding tert-OH is 1. The van der Waals surface area contributed by atoms with Crippen LogP contribution in [0, 0.1) is 0 Å². The second-order valence-corrected chi connectivity index (χ2v) is 8.47. The Kier molecular flexibility index (Phi) is 6.79. The molecule has 4 rings (SSSR count). The van der Waals surface area contributed by atoms with E-state index in [0.717, 1.165) is 32.8 Å². The van der Waals surface area contributed by atoms with Gasteiger partial charge in [0.05, 0.1) is 31.4 Å². The molecule has 168 valence electrons. The van der Waals surface area contributed by atoms with E-state index in [9.17, 15) is 19.8 Å². The molecule has 0 radical (unpaired) electrons. The Morgan fingerprint density at radius 3 is 2.56 bits per heavy atom. The number of carbonyl (C=O) groups excluding carboxylic acids is 2. The van der Waals surface area contributed by atoms with Crippen molar-refractivity contribution in [2.75, 3.05) is 39.4 Å². The van der Waals surface area contributed by atoms with Crippen LogP contribution in [0.25, 0.3) is 5.76 Å². The van der Waals surface area contributed by atoms with Crippen molar-refractivity contribution in [3.8, 4) is 5.75 Å². The molecule has 8 heteroatoms. The largest absolute Gasteiger partial charge is 0.872 e. The molecule has 0 spiro atoms. The highest BCUT2D eigenvalue weighted by atomic mass is 35.5. The first-order chi connectivity index (χ1) is 15.5. The first-order valence-electron chi connectivity index (χ1n) is 10.7. The van der Waals surface area contributed by atoms with Crippen molar-refractivity contribution in [2.45, 2.75) is 12.5 Å². The Balaban J connectivity index is 1.67. The Morgan fingerprint density at radius 2 is 1.88 bits per heavy atom. The summed E-state index contributed by atoms with van der Waals surface area (Å²) in [7, 11) is 0. The fraction of sp³-hybridized carbons (Fsp3) is 0.333. The summed E-state index contributed by atoms with van der Waals surface area (Å²) in [5.74, 6) is -1.92. The summed E-state index contributed by atoms with van der Waals surface area (Å²) < 4.78 is 5.38. The number of carbonyl (C=O) groups is 2. The lowest BCUT2D eigenvalue weighted by molar-refractivity contribution is -0.908. The summed E-state index contributed by atoms with van der Waals surface area (Å²) in [4.78, 5) is 28.8. The maximum Gasteiger partial charge on any atom is 0.295 e. The molecular formula is C24H25ClN2O5. The van der Waals surface area contributed by atoms with Gasteiger partial charge in [0, 0.05) is 23.6 Å². The number of hydrogen-bond donors (Lipinski definition) is 2. The SMILES string of the molecule is O=C1C(=O)N(CCC[NH+]2CCOCC2)C(c2cccc([O-])c2)/C1=C(/O)c1ccc(Cl)cc1. The highest BCUT2D eigenvalue weighted by Crippen LogP contribution is 2.40. The van der Waals surface area contributed by atoms with Gasteiger partial charge in [-0.15, -0.1) is 5.75 Å². The molecule has 2 heterocycles. The van der Waals surface area contributed by atoms with E-state index in [1.807, 2.05) is 0 Å². The normalized spacial score (nSPS) is 21.3. The number of quaternary nitrogens is 1. The van der Waals surface area contributed by atoms with Gasteiger partial charge in [0.2, 0.25) is 0 Å². The fourth-order valence-corrected chi connectivity index (χ4v) is 4.44. The number of nitrogens with one attached hydrogen (secondary N) is 1. The van der Waals surface area contributed by atoms with Gasteiger partial charge in [-0.2, -0.15) is 0 Å². The van der Waals surface area contributed by atoms with Crippen LogP contribution < -0.4 is 10.0 Å². The van der Waals surface area contributed by atoms with Crippen molar-refractivity contribution < 1.29 is 29.4 Å². The summed E-state index contributed by atoms with van der Waals surface area (Å²) in [6, 6.07) is 11.7. The molecule has 7 nitrogen and oxygen atoms in total. The average molecular weight is 457 g/mol. The van der Waals surface area contributed by atoms with Crippen LogP contribution in [0.15, 0.2) is 54.1 Å². The van der Waals surface area contributed by atoms with Gasteiger partial charge in [-0.1, -0.05) is 35.9 Å². The smallest absolute Gasteiger partial charge is 0.295 e. The van der Waals surface area contributed by atoms with E-state index in [1.165, 1.54) is 21.9 Å². The molecule has 2 aromatic rings. The topological polar surface area (TPSA) is 94.3 Å². The zero-order valence-corrected chi connectivity index (χ0v) is 18.3. The molecule has 1 unspecified atom stereocenters. The van der Waals surface area contributed by atoms with Gasteiger partial charge in [-0.25, -0.2) is 0 Å². The summed E-state index contributed by atoms with van der Waals surface area (Å²) in [6.07, 6.45) is 0.691. The lowest BCUT2D eigenvalue weighted by Gasteiger charge is -2.28. The molecule has 32 heavy (non-hydrogen) atoms. The van der Waals surface area contributed by atoms with E-state index in [0.29, 0.717) is 29.1 Å². The van der Waals surface area contributed by atoms with E-state index in [2.05, 4.69) is 0 Å². The van der Waals surface area contributed by atoms with Crippen molar-refractivity contribution in [1.82, 2.24) is 4.90 Å². The number of halogens is 1. The van der Waals surface area contributed by atoms with Crippen LogP contribution >= 0.6 is 11.6 Å². The van der Waals surface area contributed by atoms with Crippen LogP contribution in [0.4, 0.5) is 0 Å². The summed E-state index contributed by atoms with van der Waals surface area (Å²) in [5, 5.41) is 23.5. The van der Waals surface area contributed by atoms with Crippen molar-refractivity contribution in [3.05, 3.63) is 70.3 Å². The maximum atomic E-state index is 13.0. The summed E-state index contributed by atoms with van der Waals surface area (Å²) in [6.45, 7) is 4.46. The number of rotatable bonds is 6. The number of aliphatic hydroxyl groups is 1. The lowest BCUT2D eigenvalue weighted by atomic mass is 9.95. The van der Waals surface area contributed by atoms with Crippen molar-refractivity contribution in [3.63, 3.8) is 0 Å². The van der Waals surface area contributed by atoms with Gasteiger partial charge in [-0.05, 0) is 29.8 Å². The monoisotopic (exact) mass is 456 g/mol. The highest BCUT2D eigenvalue weighted by Gasteiger charge is 2.45. The van der Waals surface area contributed by atoms with Crippen LogP contribution in [-0.4, -0.2) is 61.1 Å². The zero-order chi connectivity index (χ0) is 22.7. The molecule has 2 aliphatic rings.